The van der Waals surface area contributed by atoms with Gasteiger partial charge >= 0.3 is 0 Å². The largest absolute Gasteiger partial charge is 0.386 e. The van der Waals surface area contributed by atoms with E-state index in [1.807, 2.05) is 24.3 Å². The minimum absolute atomic E-state index is 0.101. The number of amides is 1. The van der Waals surface area contributed by atoms with Crippen LogP contribution in [0, 0.1) is 0 Å². The number of carbonyl (C=O) groups excluding carboxylic acids is 1. The Morgan fingerprint density at radius 2 is 2.00 bits per heavy atom. The molecule has 0 radical (unpaired) electrons. The second-order valence-corrected chi connectivity index (χ2v) is 7.34. The summed E-state index contributed by atoms with van der Waals surface area (Å²) < 4.78 is 4.90. The molecular weight excluding hydrogens is 286 g/mol. The molecule has 0 aromatic heterocycles. The predicted octanol–water partition coefficient (Wildman–Crippen LogP) is 2.24. The molecule has 0 fully saturated rings. The lowest BCUT2D eigenvalue weighted by Gasteiger charge is -2.22. The number of aliphatic hydroxyl groups is 1. The van der Waals surface area contributed by atoms with Crippen LogP contribution in [0.2, 0.25) is 0 Å². The normalized spacial score (nSPS) is 14.0. The number of thioether (sulfide) groups is 1. The van der Waals surface area contributed by atoms with E-state index < -0.39 is 5.60 Å². The van der Waals surface area contributed by atoms with E-state index in [9.17, 15) is 9.90 Å². The van der Waals surface area contributed by atoms with Crippen molar-refractivity contribution in [1.82, 2.24) is 5.32 Å². The Morgan fingerprint density at radius 1 is 1.38 bits per heavy atom. The SMILES string of the molecule is COCC(C)(O)CNC(=O)Cc1ccc(SC(C)C)cc1. The highest BCUT2D eigenvalue weighted by atomic mass is 32.2. The Kier molecular flexibility index (Phi) is 7.22. The molecule has 0 aliphatic rings. The fraction of sp³-hybridized carbons (Fsp3) is 0.562. The fourth-order valence-corrected chi connectivity index (χ4v) is 2.69. The highest BCUT2D eigenvalue weighted by Gasteiger charge is 2.20. The first-order chi connectivity index (χ1) is 9.82. The Morgan fingerprint density at radius 3 is 2.52 bits per heavy atom. The number of carbonyl (C=O) groups is 1. The van der Waals surface area contributed by atoms with Gasteiger partial charge in [-0.3, -0.25) is 4.79 Å². The van der Waals surface area contributed by atoms with Gasteiger partial charge in [0.1, 0.15) is 5.60 Å². The van der Waals surface area contributed by atoms with Gasteiger partial charge in [0.25, 0.3) is 0 Å². The molecule has 21 heavy (non-hydrogen) atoms. The van der Waals surface area contributed by atoms with Crippen molar-refractivity contribution in [1.29, 1.82) is 0 Å². The first kappa shape index (κ1) is 18.0. The zero-order chi connectivity index (χ0) is 15.9. The van der Waals surface area contributed by atoms with Crippen LogP contribution in [0.15, 0.2) is 29.2 Å². The average Bonchev–Trinajstić information content (AvgIpc) is 2.38. The van der Waals surface area contributed by atoms with Gasteiger partial charge in [0.05, 0.1) is 13.0 Å². The lowest BCUT2D eigenvalue weighted by atomic mass is 10.1. The van der Waals surface area contributed by atoms with Gasteiger partial charge in [0.15, 0.2) is 0 Å². The maximum absolute atomic E-state index is 11.9. The number of ether oxygens (including phenoxy) is 1. The summed E-state index contributed by atoms with van der Waals surface area (Å²) >= 11 is 1.80. The Balaban J connectivity index is 2.44. The molecule has 1 rings (SSSR count). The third-order valence-corrected chi connectivity index (χ3v) is 3.80. The second-order valence-electron chi connectivity index (χ2n) is 5.69. The molecule has 0 spiro atoms. The maximum Gasteiger partial charge on any atom is 0.224 e. The minimum Gasteiger partial charge on any atom is -0.386 e. The highest BCUT2D eigenvalue weighted by Crippen LogP contribution is 2.22. The molecule has 0 saturated heterocycles. The Hall–Kier alpha value is -1.04. The Bertz CT molecular complexity index is 443. The molecule has 4 nitrogen and oxygen atoms in total. The van der Waals surface area contributed by atoms with Gasteiger partial charge in [-0.2, -0.15) is 0 Å². The van der Waals surface area contributed by atoms with Gasteiger partial charge in [0.2, 0.25) is 5.91 Å². The van der Waals surface area contributed by atoms with Crippen molar-refractivity contribution in [3.05, 3.63) is 29.8 Å². The molecule has 0 aliphatic heterocycles. The smallest absolute Gasteiger partial charge is 0.224 e. The van der Waals surface area contributed by atoms with Crippen molar-refractivity contribution in [2.45, 2.75) is 42.9 Å². The van der Waals surface area contributed by atoms with Crippen LogP contribution >= 0.6 is 11.8 Å². The minimum atomic E-state index is -1.04. The molecule has 1 amide bonds. The summed E-state index contributed by atoms with van der Waals surface area (Å²) in [6.45, 7) is 6.31. The molecule has 118 valence electrons. The fourth-order valence-electron chi connectivity index (χ4n) is 1.86. The molecule has 1 aromatic rings. The third kappa shape index (κ3) is 7.50. The van der Waals surface area contributed by atoms with Crippen LogP contribution < -0.4 is 5.32 Å². The van der Waals surface area contributed by atoms with Crippen LogP contribution in [-0.4, -0.2) is 42.1 Å². The number of hydrogen-bond acceptors (Lipinski definition) is 4. The van der Waals surface area contributed by atoms with E-state index in [4.69, 9.17) is 4.74 Å². The molecular formula is C16H25NO3S. The molecule has 1 atom stereocenters. The lowest BCUT2D eigenvalue weighted by molar-refractivity contribution is -0.122. The van der Waals surface area contributed by atoms with Crippen molar-refractivity contribution in [3.63, 3.8) is 0 Å². The van der Waals surface area contributed by atoms with Gasteiger partial charge in [-0.25, -0.2) is 0 Å². The lowest BCUT2D eigenvalue weighted by Crippen LogP contribution is -2.44. The zero-order valence-corrected chi connectivity index (χ0v) is 14.0. The van der Waals surface area contributed by atoms with Crippen LogP contribution in [0.4, 0.5) is 0 Å². The van der Waals surface area contributed by atoms with E-state index in [2.05, 4.69) is 19.2 Å². The van der Waals surface area contributed by atoms with E-state index in [0.717, 1.165) is 5.56 Å². The van der Waals surface area contributed by atoms with Crippen molar-refractivity contribution in [3.8, 4) is 0 Å². The summed E-state index contributed by atoms with van der Waals surface area (Å²) in [5.41, 5.74) is -0.0747. The van der Waals surface area contributed by atoms with Gasteiger partial charge in [0, 0.05) is 23.8 Å². The average molecular weight is 311 g/mol. The number of methoxy groups -OCH3 is 1. The monoisotopic (exact) mass is 311 g/mol. The molecule has 0 heterocycles. The van der Waals surface area contributed by atoms with Crippen molar-refractivity contribution in [2.24, 2.45) is 0 Å². The topological polar surface area (TPSA) is 58.6 Å². The highest BCUT2D eigenvalue weighted by molar-refractivity contribution is 7.99. The van der Waals surface area contributed by atoms with E-state index in [1.54, 1.807) is 18.7 Å². The second kappa shape index (κ2) is 8.41. The van der Waals surface area contributed by atoms with Crippen molar-refractivity contribution in [2.75, 3.05) is 20.3 Å². The molecule has 0 bridgehead atoms. The molecule has 1 unspecified atom stereocenters. The summed E-state index contributed by atoms with van der Waals surface area (Å²) in [6, 6.07) is 8.01. The van der Waals surface area contributed by atoms with E-state index in [-0.39, 0.29) is 19.1 Å². The summed E-state index contributed by atoms with van der Waals surface area (Å²) in [5, 5.41) is 13.2. The molecule has 0 saturated carbocycles. The molecule has 0 aliphatic carbocycles. The van der Waals surface area contributed by atoms with E-state index in [0.29, 0.717) is 11.7 Å². The predicted molar refractivity (Wildman–Crippen MR) is 86.6 cm³/mol. The van der Waals surface area contributed by atoms with Gasteiger partial charge in [-0.15, -0.1) is 11.8 Å². The maximum atomic E-state index is 11.9. The van der Waals surface area contributed by atoms with Crippen LogP contribution in [-0.2, 0) is 16.0 Å². The van der Waals surface area contributed by atoms with Gasteiger partial charge < -0.3 is 15.2 Å². The molecule has 5 heteroatoms. The van der Waals surface area contributed by atoms with E-state index >= 15 is 0 Å². The number of nitrogens with one attached hydrogen (secondary N) is 1. The third-order valence-electron chi connectivity index (χ3n) is 2.78. The summed E-state index contributed by atoms with van der Waals surface area (Å²) in [4.78, 5) is 13.1. The first-order valence-corrected chi connectivity index (χ1v) is 7.94. The quantitative estimate of drug-likeness (QED) is 0.723. The van der Waals surface area contributed by atoms with E-state index in [1.165, 1.54) is 12.0 Å². The van der Waals surface area contributed by atoms with Gasteiger partial charge in [-0.05, 0) is 24.6 Å². The first-order valence-electron chi connectivity index (χ1n) is 7.06. The standard InChI is InChI=1S/C16H25NO3S/c1-12(2)21-14-7-5-13(6-8-14)9-15(18)17-10-16(3,19)11-20-4/h5-8,12,19H,9-11H2,1-4H3,(H,17,18). The van der Waals surface area contributed by atoms with Crippen LogP contribution in [0.5, 0.6) is 0 Å². The van der Waals surface area contributed by atoms with Crippen molar-refractivity contribution >= 4 is 17.7 Å². The summed E-state index contributed by atoms with van der Waals surface area (Å²) in [7, 11) is 1.52. The molecule has 2 N–H and O–H groups in total. The zero-order valence-electron chi connectivity index (χ0n) is 13.2. The number of benzene rings is 1. The van der Waals surface area contributed by atoms with Crippen LogP contribution in [0.3, 0.4) is 0 Å². The number of rotatable bonds is 8. The van der Waals surface area contributed by atoms with Crippen LogP contribution in [0.25, 0.3) is 0 Å². The summed E-state index contributed by atoms with van der Waals surface area (Å²) in [5.74, 6) is -0.101. The van der Waals surface area contributed by atoms with Crippen molar-refractivity contribution < 1.29 is 14.6 Å². The molecule has 1 aromatic carbocycles. The number of hydrogen-bond donors (Lipinski definition) is 2. The van der Waals surface area contributed by atoms with Gasteiger partial charge in [-0.1, -0.05) is 26.0 Å². The van der Waals surface area contributed by atoms with Crippen LogP contribution in [0.1, 0.15) is 26.3 Å². The Labute approximate surface area is 131 Å². The summed E-state index contributed by atoms with van der Waals surface area (Å²) in [6.07, 6.45) is 0.315.